The minimum atomic E-state index is -0.0355. The summed E-state index contributed by atoms with van der Waals surface area (Å²) in [7, 11) is 0. The number of nitrogens with one attached hydrogen (secondary N) is 1. The van der Waals surface area contributed by atoms with Crippen molar-refractivity contribution in [3.8, 4) is 11.3 Å². The molecule has 0 spiro atoms. The summed E-state index contributed by atoms with van der Waals surface area (Å²) in [6.07, 6.45) is 2.31. The van der Waals surface area contributed by atoms with Gasteiger partial charge in [0.2, 0.25) is 5.91 Å². The number of aryl methyl sites for hydroxylation is 1. The number of thiazole rings is 1. The Morgan fingerprint density at radius 2 is 1.83 bits per heavy atom. The molecule has 2 aromatic heterocycles. The predicted molar refractivity (Wildman–Crippen MR) is 120 cm³/mol. The lowest BCUT2D eigenvalue weighted by atomic mass is 10.1. The van der Waals surface area contributed by atoms with E-state index in [0.29, 0.717) is 6.42 Å². The predicted octanol–water partition coefficient (Wildman–Crippen LogP) is 5.71. The highest BCUT2D eigenvalue weighted by molar-refractivity contribution is 7.15. The summed E-state index contributed by atoms with van der Waals surface area (Å²) in [6.45, 7) is 2.07. The number of amides is 1. The highest BCUT2D eigenvalue weighted by atomic mass is 32.1. The maximum Gasteiger partial charge on any atom is 0.230 e. The average molecular weight is 398 g/mol. The highest BCUT2D eigenvalue weighted by Crippen LogP contribution is 2.26. The minimum Gasteiger partial charge on any atom is -0.325 e. The second kappa shape index (κ2) is 7.18. The van der Waals surface area contributed by atoms with Crippen LogP contribution in [-0.2, 0) is 11.2 Å². The summed E-state index contributed by atoms with van der Waals surface area (Å²) in [5.41, 5.74) is 5.00. The van der Waals surface area contributed by atoms with Gasteiger partial charge in [-0.1, -0.05) is 66.2 Å². The molecule has 0 saturated carbocycles. The summed E-state index contributed by atoms with van der Waals surface area (Å²) in [6, 6.07) is 22.3. The number of imidazole rings is 1. The Morgan fingerprint density at radius 3 is 2.69 bits per heavy atom. The molecule has 5 rings (SSSR count). The van der Waals surface area contributed by atoms with E-state index in [-0.39, 0.29) is 5.91 Å². The molecule has 5 aromatic rings. The monoisotopic (exact) mass is 397 g/mol. The molecule has 0 bridgehead atoms. The van der Waals surface area contributed by atoms with Crippen molar-refractivity contribution in [1.82, 2.24) is 9.38 Å². The van der Waals surface area contributed by atoms with Crippen LogP contribution in [0.4, 0.5) is 5.69 Å². The fourth-order valence-electron chi connectivity index (χ4n) is 3.51. The van der Waals surface area contributed by atoms with Crippen LogP contribution in [0.5, 0.6) is 0 Å². The zero-order valence-electron chi connectivity index (χ0n) is 15.9. The van der Waals surface area contributed by atoms with Crippen LogP contribution in [0.3, 0.4) is 0 Å². The Hall–Kier alpha value is -3.44. The van der Waals surface area contributed by atoms with Gasteiger partial charge in [-0.3, -0.25) is 9.20 Å². The van der Waals surface area contributed by atoms with Crippen LogP contribution in [-0.4, -0.2) is 15.3 Å². The molecule has 142 valence electrons. The van der Waals surface area contributed by atoms with Crippen LogP contribution in [0.2, 0.25) is 0 Å². The molecule has 1 N–H and O–H groups in total. The van der Waals surface area contributed by atoms with Gasteiger partial charge in [-0.05, 0) is 18.4 Å². The van der Waals surface area contributed by atoms with Crippen LogP contribution in [0.1, 0.15) is 11.3 Å². The van der Waals surface area contributed by atoms with Crippen LogP contribution >= 0.6 is 11.3 Å². The van der Waals surface area contributed by atoms with Crippen LogP contribution in [0, 0.1) is 6.92 Å². The van der Waals surface area contributed by atoms with Gasteiger partial charge >= 0.3 is 0 Å². The van der Waals surface area contributed by atoms with Crippen LogP contribution in [0.15, 0.2) is 78.3 Å². The topological polar surface area (TPSA) is 46.4 Å². The molecule has 0 aliphatic heterocycles. The molecule has 0 unspecified atom stereocenters. The van der Waals surface area contributed by atoms with Crippen LogP contribution in [0.25, 0.3) is 27.0 Å². The number of rotatable bonds is 4. The van der Waals surface area contributed by atoms with Crippen molar-refractivity contribution in [3.63, 3.8) is 0 Å². The zero-order valence-corrected chi connectivity index (χ0v) is 16.7. The van der Waals surface area contributed by atoms with E-state index in [9.17, 15) is 4.79 Å². The molecule has 0 aliphatic rings. The number of aromatic nitrogens is 2. The van der Waals surface area contributed by atoms with E-state index >= 15 is 0 Å². The molecular weight excluding hydrogens is 378 g/mol. The van der Waals surface area contributed by atoms with Gasteiger partial charge in [0.15, 0.2) is 4.96 Å². The summed E-state index contributed by atoms with van der Waals surface area (Å²) >= 11 is 1.56. The number of hydrogen-bond donors (Lipinski definition) is 1. The molecule has 1 amide bonds. The van der Waals surface area contributed by atoms with Crippen molar-refractivity contribution in [3.05, 3.63) is 89.6 Å². The first-order valence-corrected chi connectivity index (χ1v) is 10.4. The molecule has 5 heteroatoms. The third-order valence-electron chi connectivity index (χ3n) is 5.04. The number of fused-ring (bicyclic) bond motifs is 2. The average Bonchev–Trinajstić information content (AvgIpc) is 3.31. The van der Waals surface area contributed by atoms with Gasteiger partial charge in [-0.15, -0.1) is 11.3 Å². The molecule has 0 saturated heterocycles. The second-order valence-electron chi connectivity index (χ2n) is 7.12. The molecule has 4 nitrogen and oxygen atoms in total. The lowest BCUT2D eigenvalue weighted by Gasteiger charge is -2.08. The second-order valence-corrected chi connectivity index (χ2v) is 7.96. The van der Waals surface area contributed by atoms with E-state index in [1.165, 1.54) is 5.56 Å². The molecule has 29 heavy (non-hydrogen) atoms. The Kier molecular flexibility index (Phi) is 4.37. The fourth-order valence-corrected chi connectivity index (χ4v) is 4.39. The third kappa shape index (κ3) is 3.41. The first kappa shape index (κ1) is 17.6. The minimum absolute atomic E-state index is 0.0355. The Bertz CT molecular complexity index is 1330. The zero-order chi connectivity index (χ0) is 19.8. The summed E-state index contributed by atoms with van der Waals surface area (Å²) < 4.78 is 2.02. The highest BCUT2D eigenvalue weighted by Gasteiger charge is 2.13. The van der Waals surface area contributed by atoms with Gasteiger partial charge in [-0.25, -0.2) is 4.98 Å². The van der Waals surface area contributed by atoms with Crippen molar-refractivity contribution in [2.24, 2.45) is 0 Å². The first-order valence-electron chi connectivity index (χ1n) is 9.47. The summed E-state index contributed by atoms with van der Waals surface area (Å²) in [4.78, 5) is 18.4. The Morgan fingerprint density at radius 1 is 1.03 bits per heavy atom. The number of carbonyl (C=O) groups is 1. The maximum atomic E-state index is 12.7. The molecule has 0 aliphatic carbocycles. The normalized spacial score (nSPS) is 11.2. The molecule has 2 heterocycles. The van der Waals surface area contributed by atoms with Crippen molar-refractivity contribution in [2.75, 3.05) is 5.32 Å². The van der Waals surface area contributed by atoms with Gasteiger partial charge in [0.1, 0.15) is 0 Å². The largest absolute Gasteiger partial charge is 0.325 e. The molecule has 3 aromatic carbocycles. The van der Waals surface area contributed by atoms with Gasteiger partial charge in [-0.2, -0.15) is 0 Å². The Balaban J connectivity index is 1.40. The molecule has 0 radical (unpaired) electrons. The number of anilines is 1. The first-order chi connectivity index (χ1) is 14.2. The molecular formula is C24H19N3OS. The maximum absolute atomic E-state index is 12.7. The van der Waals surface area contributed by atoms with Gasteiger partial charge in [0.05, 0.1) is 12.1 Å². The number of carbonyl (C=O) groups excluding carboxylic acids is 1. The lowest BCUT2D eigenvalue weighted by molar-refractivity contribution is -0.115. The van der Waals surface area contributed by atoms with Crippen molar-refractivity contribution >= 4 is 38.7 Å². The van der Waals surface area contributed by atoms with E-state index in [0.717, 1.165) is 38.4 Å². The summed E-state index contributed by atoms with van der Waals surface area (Å²) in [5, 5.41) is 7.22. The van der Waals surface area contributed by atoms with E-state index < -0.39 is 0 Å². The molecule has 0 atom stereocenters. The number of nitrogens with zero attached hydrogens (tertiary/aromatic N) is 2. The smallest absolute Gasteiger partial charge is 0.230 e. The molecule has 0 fully saturated rings. The van der Waals surface area contributed by atoms with Gasteiger partial charge in [0.25, 0.3) is 0 Å². The van der Waals surface area contributed by atoms with Crippen molar-refractivity contribution < 1.29 is 4.79 Å². The number of hydrogen-bond acceptors (Lipinski definition) is 3. The third-order valence-corrected chi connectivity index (χ3v) is 5.92. The van der Waals surface area contributed by atoms with E-state index in [2.05, 4.69) is 36.5 Å². The van der Waals surface area contributed by atoms with Gasteiger partial charge < -0.3 is 5.32 Å². The van der Waals surface area contributed by atoms with Crippen molar-refractivity contribution in [1.29, 1.82) is 0 Å². The standard InChI is InChI=1S/C24H19N3OS/c1-16-9-11-18(12-10-16)22-14-27-19(15-29-24(27)26-22)13-23(28)25-21-8-4-6-17-5-2-3-7-20(17)21/h2-12,14-15H,13H2,1H3,(H,25,28). The quantitative estimate of drug-likeness (QED) is 0.422. The van der Waals surface area contributed by atoms with E-state index in [4.69, 9.17) is 4.98 Å². The number of benzene rings is 3. The summed E-state index contributed by atoms with van der Waals surface area (Å²) in [5.74, 6) is -0.0355. The van der Waals surface area contributed by atoms with Crippen molar-refractivity contribution in [2.45, 2.75) is 13.3 Å². The fraction of sp³-hybridized carbons (Fsp3) is 0.0833. The Labute approximate surface area is 172 Å². The lowest BCUT2D eigenvalue weighted by Crippen LogP contribution is -2.15. The van der Waals surface area contributed by atoms with Crippen LogP contribution < -0.4 is 5.32 Å². The van der Waals surface area contributed by atoms with E-state index in [1.54, 1.807) is 11.3 Å². The SMILES string of the molecule is Cc1ccc(-c2cn3c(CC(=O)Nc4cccc5ccccc45)csc3n2)cc1. The van der Waals surface area contributed by atoms with Gasteiger partial charge in [0, 0.05) is 33.9 Å². The van der Waals surface area contributed by atoms with E-state index in [1.807, 2.05) is 58.4 Å².